The summed E-state index contributed by atoms with van der Waals surface area (Å²) in [6, 6.07) is 6.53. The fourth-order valence-electron chi connectivity index (χ4n) is 3.17. The maximum absolute atomic E-state index is 13.0. The van der Waals surface area contributed by atoms with Gasteiger partial charge in [-0.25, -0.2) is 17.6 Å². The van der Waals surface area contributed by atoms with Crippen molar-refractivity contribution >= 4 is 16.0 Å². The van der Waals surface area contributed by atoms with Crippen LogP contribution in [0, 0.1) is 12.7 Å². The summed E-state index contributed by atoms with van der Waals surface area (Å²) >= 11 is 0. The lowest BCUT2D eigenvalue weighted by Gasteiger charge is -2.31. The number of methoxy groups -OCH3 is 1. The number of esters is 1. The molecule has 1 fully saturated rings. The van der Waals surface area contributed by atoms with E-state index in [2.05, 4.69) is 0 Å². The highest BCUT2D eigenvalue weighted by Gasteiger charge is 2.31. The molecule has 0 unspecified atom stereocenters. The highest BCUT2D eigenvalue weighted by molar-refractivity contribution is 7.89. The Morgan fingerprint density at radius 1 is 1.26 bits per heavy atom. The van der Waals surface area contributed by atoms with E-state index >= 15 is 0 Å². The molecule has 0 bridgehead atoms. The molecule has 0 atom stereocenters. The first kappa shape index (κ1) is 19.5. The maximum atomic E-state index is 13.0. The Hall–Kier alpha value is -2.23. The summed E-state index contributed by atoms with van der Waals surface area (Å²) in [5.74, 6) is 0.266. The van der Waals surface area contributed by atoms with E-state index < -0.39 is 21.8 Å². The molecular formula is C18H22FN2O5S+. The van der Waals surface area contributed by atoms with Crippen molar-refractivity contribution < 1.29 is 31.7 Å². The van der Waals surface area contributed by atoms with Gasteiger partial charge >= 0.3 is 5.97 Å². The number of rotatable bonds is 5. The Kier molecular flexibility index (Phi) is 5.64. The molecule has 0 saturated carbocycles. The van der Waals surface area contributed by atoms with Crippen LogP contribution in [0.5, 0.6) is 0 Å². The van der Waals surface area contributed by atoms with Crippen molar-refractivity contribution in [2.24, 2.45) is 0 Å². The number of benzene rings is 1. The molecule has 1 aliphatic rings. The van der Waals surface area contributed by atoms with Gasteiger partial charge in [0, 0.05) is 6.07 Å². The number of sulfonamides is 1. The van der Waals surface area contributed by atoms with Gasteiger partial charge in [-0.2, -0.15) is 4.31 Å². The smallest absolute Gasteiger partial charge is 0.341 e. The van der Waals surface area contributed by atoms with Crippen LogP contribution < -0.4 is 4.90 Å². The number of aryl methyl sites for hydroxylation is 1. The number of carbonyl (C=O) groups is 1. The Morgan fingerprint density at radius 2 is 1.89 bits per heavy atom. The molecule has 27 heavy (non-hydrogen) atoms. The minimum atomic E-state index is -3.62. The van der Waals surface area contributed by atoms with Gasteiger partial charge in [0.15, 0.2) is 5.76 Å². The van der Waals surface area contributed by atoms with E-state index in [4.69, 9.17) is 9.15 Å². The Balaban J connectivity index is 1.62. The number of carbonyl (C=O) groups excluding carboxylic acids is 1. The summed E-state index contributed by atoms with van der Waals surface area (Å²) < 4.78 is 50.1. The van der Waals surface area contributed by atoms with Gasteiger partial charge in [0.2, 0.25) is 10.0 Å². The third kappa shape index (κ3) is 4.20. The summed E-state index contributed by atoms with van der Waals surface area (Å²) in [5, 5.41) is 0. The molecule has 1 aromatic heterocycles. The Morgan fingerprint density at radius 3 is 2.48 bits per heavy atom. The molecule has 0 aliphatic carbocycles. The molecule has 1 saturated heterocycles. The standard InChI is InChI=1S/C18H21FN2O5S/c1-13-17(18(22)25-2)11-15(26-13)12-20-7-9-21(10-8-20)27(23,24)16-5-3-14(19)4-6-16/h3-6,11H,7-10,12H2,1-2H3/p+1. The molecule has 2 heterocycles. The summed E-state index contributed by atoms with van der Waals surface area (Å²) in [4.78, 5) is 12.9. The number of nitrogens with one attached hydrogen (secondary N) is 1. The van der Waals surface area contributed by atoms with Crippen molar-refractivity contribution in [3.8, 4) is 0 Å². The summed E-state index contributed by atoms with van der Waals surface area (Å²) in [6.45, 7) is 4.19. The Bertz CT molecular complexity index is 916. The van der Waals surface area contributed by atoms with Crippen molar-refractivity contribution in [2.75, 3.05) is 33.3 Å². The van der Waals surface area contributed by atoms with E-state index in [0.29, 0.717) is 49.8 Å². The number of hydrogen-bond acceptors (Lipinski definition) is 5. The van der Waals surface area contributed by atoms with Crippen LogP contribution in [0.1, 0.15) is 21.9 Å². The summed E-state index contributed by atoms with van der Waals surface area (Å²) in [6.07, 6.45) is 0. The largest absolute Gasteiger partial charge is 0.465 e. The first-order chi connectivity index (χ1) is 12.8. The molecule has 1 N–H and O–H groups in total. The van der Waals surface area contributed by atoms with Crippen molar-refractivity contribution in [1.82, 2.24) is 4.31 Å². The minimum Gasteiger partial charge on any atom is -0.465 e. The second-order valence-electron chi connectivity index (χ2n) is 6.46. The number of nitrogens with zero attached hydrogens (tertiary/aromatic N) is 1. The highest BCUT2D eigenvalue weighted by Crippen LogP contribution is 2.17. The van der Waals surface area contributed by atoms with E-state index in [0.717, 1.165) is 17.0 Å². The molecule has 0 spiro atoms. The normalized spacial score (nSPS) is 16.4. The van der Waals surface area contributed by atoms with Gasteiger partial charge in [0.1, 0.15) is 23.7 Å². The zero-order valence-corrected chi connectivity index (χ0v) is 16.0. The number of quaternary nitrogens is 1. The number of piperazine rings is 1. The minimum absolute atomic E-state index is 0.0942. The van der Waals surface area contributed by atoms with Crippen LogP contribution in [0.25, 0.3) is 0 Å². The van der Waals surface area contributed by atoms with Gasteiger partial charge in [-0.15, -0.1) is 0 Å². The molecular weight excluding hydrogens is 375 g/mol. The van der Waals surface area contributed by atoms with Crippen LogP contribution in [-0.2, 0) is 21.3 Å². The van der Waals surface area contributed by atoms with E-state index in [1.807, 2.05) is 0 Å². The van der Waals surface area contributed by atoms with E-state index in [1.54, 1.807) is 13.0 Å². The van der Waals surface area contributed by atoms with Crippen LogP contribution in [-0.4, -0.2) is 52.0 Å². The molecule has 9 heteroatoms. The first-order valence-electron chi connectivity index (χ1n) is 8.58. The van der Waals surface area contributed by atoms with Crippen LogP contribution in [0.2, 0.25) is 0 Å². The molecule has 2 aromatic rings. The quantitative estimate of drug-likeness (QED) is 0.748. The lowest BCUT2D eigenvalue weighted by atomic mass is 10.2. The predicted octanol–water partition coefficient (Wildman–Crippen LogP) is 0.603. The van der Waals surface area contributed by atoms with Crippen molar-refractivity contribution in [3.63, 3.8) is 0 Å². The average Bonchev–Trinajstić information content (AvgIpc) is 3.02. The van der Waals surface area contributed by atoms with Crippen molar-refractivity contribution in [2.45, 2.75) is 18.4 Å². The van der Waals surface area contributed by atoms with Gasteiger partial charge in [0.05, 0.1) is 38.2 Å². The molecule has 7 nitrogen and oxygen atoms in total. The topological polar surface area (TPSA) is 81.3 Å². The summed E-state index contributed by atoms with van der Waals surface area (Å²) in [7, 11) is -2.30. The van der Waals surface area contributed by atoms with Gasteiger partial charge in [-0.1, -0.05) is 0 Å². The van der Waals surface area contributed by atoms with E-state index in [-0.39, 0.29) is 4.90 Å². The van der Waals surface area contributed by atoms with Crippen molar-refractivity contribution in [3.05, 3.63) is 53.2 Å². The zero-order valence-electron chi connectivity index (χ0n) is 15.2. The fourth-order valence-corrected chi connectivity index (χ4v) is 4.61. The van der Waals surface area contributed by atoms with Crippen LogP contribution >= 0.6 is 0 Å². The second-order valence-corrected chi connectivity index (χ2v) is 8.40. The van der Waals surface area contributed by atoms with Gasteiger partial charge in [-0.3, -0.25) is 0 Å². The molecule has 146 valence electrons. The van der Waals surface area contributed by atoms with Crippen LogP contribution in [0.15, 0.2) is 39.6 Å². The molecule has 0 radical (unpaired) electrons. The lowest BCUT2D eigenvalue weighted by molar-refractivity contribution is -0.918. The summed E-state index contributed by atoms with van der Waals surface area (Å²) in [5.41, 5.74) is 0.407. The molecule has 0 amide bonds. The maximum Gasteiger partial charge on any atom is 0.341 e. The molecule has 1 aliphatic heterocycles. The van der Waals surface area contributed by atoms with Crippen LogP contribution in [0.3, 0.4) is 0 Å². The number of ether oxygens (including phenoxy) is 1. The molecule has 3 rings (SSSR count). The van der Waals surface area contributed by atoms with Crippen molar-refractivity contribution in [1.29, 1.82) is 0 Å². The number of hydrogen-bond donors (Lipinski definition) is 1. The van der Waals surface area contributed by atoms with Gasteiger partial charge < -0.3 is 14.1 Å². The number of furan rings is 1. The zero-order chi connectivity index (χ0) is 19.6. The second kappa shape index (κ2) is 7.79. The van der Waals surface area contributed by atoms with Gasteiger partial charge in [-0.05, 0) is 31.2 Å². The Labute approximate surface area is 157 Å². The SMILES string of the molecule is COC(=O)c1cc(C[NH+]2CCN(S(=O)(=O)c3ccc(F)cc3)CC2)oc1C. The highest BCUT2D eigenvalue weighted by atomic mass is 32.2. The lowest BCUT2D eigenvalue weighted by Crippen LogP contribution is -3.13. The average molecular weight is 397 g/mol. The van der Waals surface area contributed by atoms with Crippen LogP contribution in [0.4, 0.5) is 4.39 Å². The monoisotopic (exact) mass is 397 g/mol. The van der Waals surface area contributed by atoms with E-state index in [1.165, 1.54) is 23.5 Å². The van der Waals surface area contributed by atoms with E-state index in [9.17, 15) is 17.6 Å². The first-order valence-corrected chi connectivity index (χ1v) is 10.0. The third-order valence-corrected chi connectivity index (χ3v) is 6.59. The molecule has 1 aromatic carbocycles. The number of halogens is 1. The van der Waals surface area contributed by atoms with Gasteiger partial charge in [0.25, 0.3) is 0 Å². The third-order valence-electron chi connectivity index (χ3n) is 4.68. The predicted molar refractivity (Wildman–Crippen MR) is 94.3 cm³/mol. The fraction of sp³-hybridized carbons (Fsp3) is 0.389.